The number of carbonyl (C=O) groups excluding carboxylic acids is 3. The van der Waals surface area contributed by atoms with Gasteiger partial charge in [0.2, 0.25) is 0 Å². The molecule has 0 spiro atoms. The van der Waals surface area contributed by atoms with Crippen molar-refractivity contribution in [1.82, 2.24) is 0 Å². The molecule has 0 bridgehead atoms. The van der Waals surface area contributed by atoms with E-state index in [1.807, 2.05) is 41.5 Å². The van der Waals surface area contributed by atoms with Gasteiger partial charge in [-0.25, -0.2) is 0 Å². The van der Waals surface area contributed by atoms with E-state index in [1.165, 1.54) is 12.1 Å². The molecule has 0 amide bonds. The number of hydrogen-bond acceptors (Lipinski definition) is 6. The average molecular weight is 434 g/mol. The third-order valence-corrected chi connectivity index (χ3v) is 5.51. The Morgan fingerprint density at radius 1 is 0.871 bits per heavy atom. The largest absolute Gasteiger partial charge is 0.422 e. The minimum Gasteiger partial charge on any atom is -0.422 e. The molecule has 31 heavy (non-hydrogen) atoms. The summed E-state index contributed by atoms with van der Waals surface area (Å²) in [5.74, 6) is -1.01. The zero-order chi connectivity index (χ0) is 24.0. The molecule has 1 unspecified atom stereocenters. The molecule has 0 heterocycles. The van der Waals surface area contributed by atoms with Crippen molar-refractivity contribution in [1.29, 1.82) is 0 Å². The van der Waals surface area contributed by atoms with Crippen LogP contribution in [0, 0.1) is 16.7 Å². The lowest BCUT2D eigenvalue weighted by Gasteiger charge is -2.24. The van der Waals surface area contributed by atoms with Gasteiger partial charge in [-0.15, -0.1) is 0 Å². The molecule has 1 aromatic carbocycles. The Bertz CT molecular complexity index is 795. The smallest absolute Gasteiger partial charge is 0.317 e. The Labute approximate surface area is 186 Å². The second-order valence-electron chi connectivity index (χ2n) is 9.84. The zero-order valence-electron chi connectivity index (χ0n) is 20.3. The van der Waals surface area contributed by atoms with E-state index in [2.05, 4.69) is 0 Å². The number of Topliss-reactive ketones (excluding diaryl/α,β-unsaturated/α-hetero) is 1. The fourth-order valence-corrected chi connectivity index (χ4v) is 3.25. The molecule has 6 heteroatoms. The lowest BCUT2D eigenvalue weighted by atomic mass is 9.88. The number of ketones is 1. The standard InChI is InChI=1S/C25H39NO5/c1-9-13-24(5,6)22(28)30-18-12-11-17(21(27)20(26)16(3)4)15-19(18)31-23(29)25(7,8)14-10-2/h11-12,15-16,20H,9-10,13-14,26H2,1-8H3. The van der Waals surface area contributed by atoms with Gasteiger partial charge in [-0.05, 0) is 64.7 Å². The van der Waals surface area contributed by atoms with E-state index in [-0.39, 0.29) is 23.2 Å². The van der Waals surface area contributed by atoms with Crippen molar-refractivity contribution >= 4 is 17.7 Å². The fraction of sp³-hybridized carbons (Fsp3) is 0.640. The highest BCUT2D eigenvalue weighted by Crippen LogP contribution is 2.35. The summed E-state index contributed by atoms with van der Waals surface area (Å²) < 4.78 is 11.3. The number of benzene rings is 1. The first-order valence-corrected chi connectivity index (χ1v) is 11.1. The van der Waals surface area contributed by atoms with Crippen LogP contribution < -0.4 is 15.2 Å². The number of esters is 2. The fourth-order valence-electron chi connectivity index (χ4n) is 3.25. The van der Waals surface area contributed by atoms with Gasteiger partial charge in [0, 0.05) is 5.56 Å². The van der Waals surface area contributed by atoms with Crippen LogP contribution in [-0.4, -0.2) is 23.8 Å². The van der Waals surface area contributed by atoms with E-state index in [0.717, 1.165) is 12.8 Å². The van der Waals surface area contributed by atoms with E-state index < -0.39 is 28.8 Å². The lowest BCUT2D eigenvalue weighted by molar-refractivity contribution is -0.147. The minimum absolute atomic E-state index is 0.0469. The van der Waals surface area contributed by atoms with Crippen LogP contribution in [0.5, 0.6) is 11.5 Å². The van der Waals surface area contributed by atoms with Crippen molar-refractivity contribution in [2.45, 2.75) is 87.1 Å². The van der Waals surface area contributed by atoms with Crippen molar-refractivity contribution in [3.05, 3.63) is 23.8 Å². The summed E-state index contributed by atoms with van der Waals surface area (Å²) in [6, 6.07) is 3.81. The highest BCUT2D eigenvalue weighted by Gasteiger charge is 2.33. The van der Waals surface area contributed by atoms with Crippen molar-refractivity contribution in [3.8, 4) is 11.5 Å². The molecular formula is C25H39NO5. The molecule has 174 valence electrons. The van der Waals surface area contributed by atoms with E-state index in [1.54, 1.807) is 19.9 Å². The molecule has 0 aromatic heterocycles. The maximum absolute atomic E-state index is 12.8. The van der Waals surface area contributed by atoms with Gasteiger partial charge in [0.15, 0.2) is 17.3 Å². The SMILES string of the molecule is CCCC(C)(C)C(=O)Oc1ccc(C(=O)C(N)C(C)C)cc1OC(=O)C(C)(C)CCC. The topological polar surface area (TPSA) is 95.7 Å². The Balaban J connectivity index is 3.34. The molecule has 1 atom stereocenters. The summed E-state index contributed by atoms with van der Waals surface area (Å²) in [5.41, 5.74) is 4.92. The molecule has 0 radical (unpaired) electrons. The Morgan fingerprint density at radius 3 is 1.74 bits per heavy atom. The van der Waals surface area contributed by atoms with Crippen molar-refractivity contribution in [2.75, 3.05) is 0 Å². The molecule has 0 fully saturated rings. The quantitative estimate of drug-likeness (QED) is 0.288. The van der Waals surface area contributed by atoms with Crippen LogP contribution in [0.2, 0.25) is 0 Å². The first-order chi connectivity index (χ1) is 14.3. The van der Waals surface area contributed by atoms with Gasteiger partial charge in [-0.3, -0.25) is 14.4 Å². The van der Waals surface area contributed by atoms with Crippen LogP contribution in [-0.2, 0) is 9.59 Å². The molecule has 2 N–H and O–H groups in total. The maximum Gasteiger partial charge on any atom is 0.317 e. The monoisotopic (exact) mass is 433 g/mol. The molecular weight excluding hydrogens is 394 g/mol. The first kappa shape index (κ1) is 26.8. The predicted octanol–water partition coefficient (Wildman–Crippen LogP) is 5.32. The van der Waals surface area contributed by atoms with Crippen LogP contribution in [0.25, 0.3) is 0 Å². The molecule has 0 aliphatic carbocycles. The Hall–Kier alpha value is -2.21. The molecule has 1 aromatic rings. The van der Waals surface area contributed by atoms with Gasteiger partial charge in [-0.2, -0.15) is 0 Å². The van der Waals surface area contributed by atoms with Crippen LogP contribution in [0.4, 0.5) is 0 Å². The third-order valence-electron chi connectivity index (χ3n) is 5.51. The van der Waals surface area contributed by atoms with Crippen molar-refractivity contribution in [2.24, 2.45) is 22.5 Å². The van der Waals surface area contributed by atoms with Gasteiger partial charge >= 0.3 is 11.9 Å². The molecule has 0 saturated heterocycles. The van der Waals surface area contributed by atoms with E-state index >= 15 is 0 Å². The van der Waals surface area contributed by atoms with Crippen LogP contribution in [0.3, 0.4) is 0 Å². The predicted molar refractivity (Wildman–Crippen MR) is 122 cm³/mol. The normalized spacial score (nSPS) is 13.1. The van der Waals surface area contributed by atoms with Gasteiger partial charge in [0.1, 0.15) is 0 Å². The minimum atomic E-state index is -0.716. The van der Waals surface area contributed by atoms with Gasteiger partial charge in [-0.1, -0.05) is 40.5 Å². The maximum atomic E-state index is 12.8. The number of ether oxygens (including phenoxy) is 2. The molecule has 6 nitrogen and oxygen atoms in total. The van der Waals surface area contributed by atoms with Gasteiger partial charge in [0.25, 0.3) is 0 Å². The van der Waals surface area contributed by atoms with Crippen molar-refractivity contribution in [3.63, 3.8) is 0 Å². The summed E-state index contributed by atoms with van der Waals surface area (Å²) in [6.45, 7) is 15.0. The number of rotatable bonds is 11. The summed E-state index contributed by atoms with van der Waals surface area (Å²) in [5, 5.41) is 0. The summed E-state index contributed by atoms with van der Waals surface area (Å²) in [7, 11) is 0. The van der Waals surface area contributed by atoms with Gasteiger partial charge in [0.05, 0.1) is 16.9 Å². The van der Waals surface area contributed by atoms with Crippen LogP contribution in [0.1, 0.15) is 91.4 Å². The second kappa shape index (κ2) is 10.9. The lowest BCUT2D eigenvalue weighted by Crippen LogP contribution is -2.35. The van der Waals surface area contributed by atoms with Crippen LogP contribution >= 0.6 is 0 Å². The highest BCUT2D eigenvalue weighted by atomic mass is 16.6. The number of carbonyl (C=O) groups is 3. The van der Waals surface area contributed by atoms with Crippen LogP contribution in [0.15, 0.2) is 18.2 Å². The first-order valence-electron chi connectivity index (χ1n) is 11.1. The van der Waals surface area contributed by atoms with E-state index in [0.29, 0.717) is 18.4 Å². The Kier molecular flexibility index (Phi) is 9.43. The molecule has 1 rings (SSSR count). The average Bonchev–Trinajstić information content (AvgIpc) is 2.67. The summed E-state index contributed by atoms with van der Waals surface area (Å²) >= 11 is 0. The number of hydrogen-bond donors (Lipinski definition) is 1. The van der Waals surface area contributed by atoms with E-state index in [4.69, 9.17) is 15.2 Å². The molecule has 0 aliphatic heterocycles. The summed E-state index contributed by atoms with van der Waals surface area (Å²) in [4.78, 5) is 38.3. The summed E-state index contributed by atoms with van der Waals surface area (Å²) in [6.07, 6.45) is 2.94. The second-order valence-corrected chi connectivity index (χ2v) is 9.84. The number of nitrogens with two attached hydrogens (primary N) is 1. The van der Waals surface area contributed by atoms with Gasteiger partial charge < -0.3 is 15.2 Å². The van der Waals surface area contributed by atoms with E-state index in [9.17, 15) is 14.4 Å². The zero-order valence-corrected chi connectivity index (χ0v) is 20.3. The third kappa shape index (κ3) is 7.17. The van der Waals surface area contributed by atoms with Crippen molar-refractivity contribution < 1.29 is 23.9 Å². The molecule has 0 aliphatic rings. The molecule has 0 saturated carbocycles. The Morgan fingerprint density at radius 2 is 1.32 bits per heavy atom. The highest BCUT2D eigenvalue weighted by molar-refractivity contribution is 6.01.